The molecule has 8 heteroatoms. The third-order valence-corrected chi connectivity index (χ3v) is 5.44. The maximum Gasteiger partial charge on any atom is 0.332 e. The van der Waals surface area contributed by atoms with Gasteiger partial charge < -0.3 is 9.47 Å². The van der Waals surface area contributed by atoms with Crippen LogP contribution in [-0.4, -0.2) is 61.2 Å². The lowest BCUT2D eigenvalue weighted by Gasteiger charge is -2.33. The second-order valence-electron chi connectivity index (χ2n) is 7.12. The maximum atomic E-state index is 12.7. The van der Waals surface area contributed by atoms with Gasteiger partial charge in [0.25, 0.3) is 5.56 Å². The Kier molecular flexibility index (Phi) is 5.62. The van der Waals surface area contributed by atoms with Crippen molar-refractivity contribution in [3.8, 4) is 0 Å². The number of nitrogens with zero attached hydrogens (tertiary/aromatic N) is 6. The molecule has 26 heavy (non-hydrogen) atoms. The highest BCUT2D eigenvalue weighted by molar-refractivity contribution is 5.71. The smallest absolute Gasteiger partial charge is 0.321 e. The van der Waals surface area contributed by atoms with Crippen LogP contribution in [0.4, 0.5) is 0 Å². The average Bonchev–Trinajstić information content (AvgIpc) is 3.01. The standard InChI is InChI=1S/C18H30N6O2/c1-5-7-8-24-14(13-23-11-9-22(6-2)10-12-23)19-16-15(24)17(25)21(4)18(26)20(16)3/h5-13H2,1-4H3. The minimum atomic E-state index is -0.328. The molecule has 0 aliphatic carbocycles. The predicted octanol–water partition coefficient (Wildman–Crippen LogP) is 0.371. The van der Waals surface area contributed by atoms with Crippen molar-refractivity contribution < 1.29 is 0 Å². The molecule has 2 aromatic heterocycles. The summed E-state index contributed by atoms with van der Waals surface area (Å²) in [5.74, 6) is 0.886. The molecule has 0 amide bonds. The van der Waals surface area contributed by atoms with E-state index in [1.54, 1.807) is 7.05 Å². The minimum absolute atomic E-state index is 0.256. The van der Waals surface area contributed by atoms with E-state index in [0.717, 1.165) is 57.9 Å². The Hall–Kier alpha value is -1.93. The molecule has 0 aromatic carbocycles. The van der Waals surface area contributed by atoms with E-state index < -0.39 is 0 Å². The van der Waals surface area contributed by atoms with Gasteiger partial charge in [-0.2, -0.15) is 0 Å². The Morgan fingerprint density at radius 2 is 1.62 bits per heavy atom. The zero-order valence-corrected chi connectivity index (χ0v) is 16.4. The van der Waals surface area contributed by atoms with E-state index in [-0.39, 0.29) is 11.2 Å². The van der Waals surface area contributed by atoms with Gasteiger partial charge in [0.1, 0.15) is 5.82 Å². The SMILES string of the molecule is CCCCn1c(CN2CCN(CC)CC2)nc2c1c(=O)n(C)c(=O)n2C. The largest absolute Gasteiger partial charge is 0.332 e. The molecule has 0 spiro atoms. The summed E-state index contributed by atoms with van der Waals surface area (Å²) in [6.45, 7) is 11.0. The number of fused-ring (bicyclic) bond motifs is 1. The average molecular weight is 362 g/mol. The molecular weight excluding hydrogens is 332 g/mol. The zero-order chi connectivity index (χ0) is 18.8. The van der Waals surface area contributed by atoms with Crippen molar-refractivity contribution in [2.45, 2.75) is 39.8 Å². The first-order valence-electron chi connectivity index (χ1n) is 9.57. The third kappa shape index (κ3) is 3.35. The van der Waals surface area contributed by atoms with E-state index in [2.05, 4.69) is 23.6 Å². The van der Waals surface area contributed by atoms with Crippen molar-refractivity contribution >= 4 is 11.2 Å². The van der Waals surface area contributed by atoms with Crippen LogP contribution < -0.4 is 11.2 Å². The fourth-order valence-electron chi connectivity index (χ4n) is 3.63. The Labute approximate surface area is 153 Å². The van der Waals surface area contributed by atoms with Crippen molar-refractivity contribution in [1.82, 2.24) is 28.5 Å². The van der Waals surface area contributed by atoms with Gasteiger partial charge in [0, 0.05) is 46.8 Å². The Bertz CT molecular complexity index is 886. The lowest BCUT2D eigenvalue weighted by molar-refractivity contribution is 0.128. The first-order chi connectivity index (χ1) is 12.5. The molecule has 3 heterocycles. The van der Waals surface area contributed by atoms with Crippen LogP contribution in [0.3, 0.4) is 0 Å². The summed E-state index contributed by atoms with van der Waals surface area (Å²) in [4.78, 5) is 34.5. The summed E-state index contributed by atoms with van der Waals surface area (Å²) in [7, 11) is 3.22. The van der Waals surface area contributed by atoms with Crippen molar-refractivity contribution in [1.29, 1.82) is 0 Å². The normalized spacial score (nSPS) is 16.6. The van der Waals surface area contributed by atoms with Crippen molar-refractivity contribution in [3.63, 3.8) is 0 Å². The topological polar surface area (TPSA) is 68.3 Å². The molecule has 0 atom stereocenters. The van der Waals surface area contributed by atoms with Crippen LogP contribution in [0.2, 0.25) is 0 Å². The number of hydrogen-bond acceptors (Lipinski definition) is 5. The van der Waals surface area contributed by atoms with Crippen LogP contribution in [0, 0.1) is 0 Å². The third-order valence-electron chi connectivity index (χ3n) is 5.44. The number of rotatable bonds is 6. The molecule has 2 aromatic rings. The Morgan fingerprint density at radius 3 is 2.23 bits per heavy atom. The fraction of sp³-hybridized carbons (Fsp3) is 0.722. The summed E-state index contributed by atoms with van der Waals surface area (Å²) in [6, 6.07) is 0. The van der Waals surface area contributed by atoms with Gasteiger partial charge in [0.05, 0.1) is 6.54 Å². The molecule has 1 saturated heterocycles. The number of aromatic nitrogens is 4. The molecule has 8 nitrogen and oxygen atoms in total. The van der Waals surface area contributed by atoms with Gasteiger partial charge in [-0.05, 0) is 13.0 Å². The van der Waals surface area contributed by atoms with Crippen molar-refractivity contribution in [3.05, 3.63) is 26.7 Å². The first kappa shape index (κ1) is 18.8. The molecular formula is C18H30N6O2. The molecule has 3 rings (SSSR count). The lowest BCUT2D eigenvalue weighted by Crippen LogP contribution is -2.45. The van der Waals surface area contributed by atoms with Gasteiger partial charge in [-0.1, -0.05) is 20.3 Å². The monoisotopic (exact) mass is 362 g/mol. The molecule has 0 unspecified atom stereocenters. The van der Waals surface area contributed by atoms with E-state index in [1.807, 2.05) is 4.57 Å². The number of likely N-dealkylation sites (N-methyl/N-ethyl adjacent to an activating group) is 1. The molecule has 1 aliphatic heterocycles. The summed E-state index contributed by atoms with van der Waals surface area (Å²) < 4.78 is 4.70. The van der Waals surface area contributed by atoms with E-state index in [9.17, 15) is 9.59 Å². The molecule has 144 valence electrons. The summed E-state index contributed by atoms with van der Waals surface area (Å²) in [6.07, 6.45) is 2.02. The summed E-state index contributed by atoms with van der Waals surface area (Å²) in [5.41, 5.74) is 0.459. The van der Waals surface area contributed by atoms with E-state index in [1.165, 1.54) is 16.2 Å². The molecule has 0 radical (unpaired) electrons. The van der Waals surface area contributed by atoms with Gasteiger partial charge in [0.15, 0.2) is 11.2 Å². The number of aryl methyl sites for hydroxylation is 2. The zero-order valence-electron chi connectivity index (χ0n) is 16.4. The molecule has 1 fully saturated rings. The van der Waals surface area contributed by atoms with Gasteiger partial charge in [-0.15, -0.1) is 0 Å². The van der Waals surface area contributed by atoms with Crippen molar-refractivity contribution in [2.24, 2.45) is 14.1 Å². The van der Waals surface area contributed by atoms with Gasteiger partial charge >= 0.3 is 5.69 Å². The second kappa shape index (κ2) is 7.75. The Balaban J connectivity index is 2.01. The van der Waals surface area contributed by atoms with Gasteiger partial charge in [-0.3, -0.25) is 18.8 Å². The van der Waals surface area contributed by atoms with E-state index in [0.29, 0.717) is 17.7 Å². The highest BCUT2D eigenvalue weighted by atomic mass is 16.2. The fourth-order valence-corrected chi connectivity index (χ4v) is 3.63. The van der Waals surface area contributed by atoms with E-state index in [4.69, 9.17) is 4.98 Å². The molecule has 0 saturated carbocycles. The van der Waals surface area contributed by atoms with Crippen LogP contribution >= 0.6 is 0 Å². The maximum absolute atomic E-state index is 12.7. The Morgan fingerprint density at radius 1 is 0.962 bits per heavy atom. The van der Waals surface area contributed by atoms with Gasteiger partial charge in [0.2, 0.25) is 0 Å². The van der Waals surface area contributed by atoms with E-state index >= 15 is 0 Å². The molecule has 1 aliphatic rings. The van der Waals surface area contributed by atoms with Crippen LogP contribution in [0.25, 0.3) is 11.2 Å². The van der Waals surface area contributed by atoms with Crippen LogP contribution in [0.15, 0.2) is 9.59 Å². The number of piperazine rings is 1. The highest BCUT2D eigenvalue weighted by Crippen LogP contribution is 2.15. The predicted molar refractivity (Wildman–Crippen MR) is 103 cm³/mol. The van der Waals surface area contributed by atoms with Crippen LogP contribution in [-0.2, 0) is 27.2 Å². The summed E-state index contributed by atoms with van der Waals surface area (Å²) in [5, 5.41) is 0. The first-order valence-corrected chi connectivity index (χ1v) is 9.57. The molecule has 0 N–H and O–H groups in total. The highest BCUT2D eigenvalue weighted by Gasteiger charge is 2.22. The number of hydrogen-bond donors (Lipinski definition) is 0. The number of unbranched alkanes of at least 4 members (excludes halogenated alkanes) is 1. The quantitative estimate of drug-likeness (QED) is 0.743. The summed E-state index contributed by atoms with van der Waals surface area (Å²) >= 11 is 0. The second-order valence-corrected chi connectivity index (χ2v) is 7.12. The van der Waals surface area contributed by atoms with Crippen LogP contribution in [0.5, 0.6) is 0 Å². The van der Waals surface area contributed by atoms with Crippen LogP contribution in [0.1, 0.15) is 32.5 Å². The number of imidazole rings is 1. The minimum Gasteiger partial charge on any atom is -0.321 e. The van der Waals surface area contributed by atoms with Gasteiger partial charge in [-0.25, -0.2) is 9.78 Å². The lowest BCUT2D eigenvalue weighted by atomic mass is 10.3. The molecule has 0 bridgehead atoms. The van der Waals surface area contributed by atoms with Crippen molar-refractivity contribution in [2.75, 3.05) is 32.7 Å².